The molecule has 1 aromatic carbocycles. The van der Waals surface area contributed by atoms with Gasteiger partial charge in [-0.1, -0.05) is 0 Å². The predicted molar refractivity (Wildman–Crippen MR) is 103 cm³/mol. The van der Waals surface area contributed by atoms with Gasteiger partial charge in [0.2, 0.25) is 11.9 Å². The summed E-state index contributed by atoms with van der Waals surface area (Å²) in [6.45, 7) is -0.580. The van der Waals surface area contributed by atoms with E-state index in [2.05, 4.69) is 30.3 Å². The largest absolute Gasteiger partial charge is 0.440 e. The van der Waals surface area contributed by atoms with Crippen LogP contribution in [0.2, 0.25) is 0 Å². The average molecular weight is 578 g/mol. The van der Waals surface area contributed by atoms with Crippen LogP contribution in [0.25, 0.3) is 0 Å². The fourth-order valence-corrected chi connectivity index (χ4v) is 2.72. The average Bonchev–Trinajstić information content (AvgIpc) is 2.78. The minimum absolute atomic E-state index is 0.0202. The van der Waals surface area contributed by atoms with Crippen molar-refractivity contribution in [2.75, 3.05) is 36.1 Å². The van der Waals surface area contributed by atoms with Crippen molar-refractivity contribution in [3.8, 4) is 6.01 Å². The van der Waals surface area contributed by atoms with Gasteiger partial charge in [-0.05, 0) is 12.8 Å². The van der Waals surface area contributed by atoms with Crippen molar-refractivity contribution in [1.82, 2.24) is 15.0 Å². The van der Waals surface area contributed by atoms with Crippen LogP contribution in [-0.2, 0) is 6.18 Å². The topological polar surface area (TPSA) is 84.0 Å². The summed E-state index contributed by atoms with van der Waals surface area (Å²) in [4.78, 5) is 10.2. The second-order valence-electron chi connectivity index (χ2n) is 7.16. The summed E-state index contributed by atoms with van der Waals surface area (Å²) in [6, 6.07) is -1.33. The molecular formula is C18H15F13N6O. The van der Waals surface area contributed by atoms with Gasteiger partial charge in [-0.15, -0.1) is 0 Å². The Morgan fingerprint density at radius 1 is 0.684 bits per heavy atom. The minimum atomic E-state index is -5.84. The predicted octanol–water partition coefficient (Wildman–Crippen LogP) is 5.66. The Balaban J connectivity index is 2.01. The Morgan fingerprint density at radius 2 is 1.16 bits per heavy atom. The highest BCUT2D eigenvalue weighted by atomic mass is 19.4. The quantitative estimate of drug-likeness (QED) is 0.191. The lowest BCUT2D eigenvalue weighted by molar-refractivity contribution is -0.301. The number of alkyl halides is 9. The van der Waals surface area contributed by atoms with Crippen LogP contribution in [0.3, 0.4) is 0 Å². The molecule has 20 heteroatoms. The summed E-state index contributed by atoms with van der Waals surface area (Å²) in [5, 5.41) is 6.58. The van der Waals surface area contributed by atoms with Crippen molar-refractivity contribution in [2.45, 2.75) is 37.5 Å². The van der Waals surface area contributed by atoms with E-state index < -0.39 is 83.6 Å². The minimum Gasteiger partial charge on any atom is -0.440 e. The number of benzene rings is 1. The van der Waals surface area contributed by atoms with E-state index in [9.17, 15) is 57.1 Å². The molecular weight excluding hydrogens is 563 g/mol. The summed E-state index contributed by atoms with van der Waals surface area (Å²) < 4.78 is 173. The molecule has 1 heterocycles. The molecule has 0 fully saturated rings. The van der Waals surface area contributed by atoms with Gasteiger partial charge in [-0.2, -0.15) is 54.5 Å². The molecule has 0 amide bonds. The zero-order valence-corrected chi connectivity index (χ0v) is 18.6. The van der Waals surface area contributed by atoms with Gasteiger partial charge in [-0.3, -0.25) is 0 Å². The Kier molecular flexibility index (Phi) is 9.30. The molecule has 0 aliphatic rings. The van der Waals surface area contributed by atoms with Crippen molar-refractivity contribution < 1.29 is 61.8 Å². The molecule has 2 aromatic rings. The Bertz CT molecular complexity index is 1080. The van der Waals surface area contributed by atoms with Gasteiger partial charge in [0.15, 0.2) is 23.3 Å². The molecule has 1 aromatic heterocycles. The van der Waals surface area contributed by atoms with Crippen molar-refractivity contribution in [3.63, 3.8) is 0 Å². The monoisotopic (exact) mass is 578 g/mol. The first-order valence-corrected chi connectivity index (χ1v) is 10.0. The lowest BCUT2D eigenvalue weighted by atomic mass is 10.1. The Morgan fingerprint density at radius 3 is 1.61 bits per heavy atom. The van der Waals surface area contributed by atoms with E-state index in [1.165, 1.54) is 7.05 Å². The van der Waals surface area contributed by atoms with Gasteiger partial charge in [0.05, 0.1) is 0 Å². The Hall–Kier alpha value is -3.48. The van der Waals surface area contributed by atoms with Crippen LogP contribution in [0, 0.1) is 23.3 Å². The van der Waals surface area contributed by atoms with E-state index in [1.54, 1.807) is 0 Å². The van der Waals surface area contributed by atoms with Crippen LogP contribution >= 0.6 is 0 Å². The van der Waals surface area contributed by atoms with Crippen LogP contribution in [-0.4, -0.2) is 53.5 Å². The number of ether oxygens (including phenoxy) is 1. The van der Waals surface area contributed by atoms with Gasteiger partial charge < -0.3 is 20.7 Å². The zero-order valence-electron chi connectivity index (χ0n) is 18.6. The van der Waals surface area contributed by atoms with Gasteiger partial charge in [0, 0.05) is 20.1 Å². The molecule has 7 nitrogen and oxygen atoms in total. The summed E-state index contributed by atoms with van der Waals surface area (Å²) >= 11 is 0. The number of rotatable bonds is 10. The molecule has 0 bridgehead atoms. The SMILES string of the molecule is CNc1nc(NCCCCNc2c(F)c(F)c(C(F)(F)F)c(F)c2F)nc(OC(C(F)(F)F)C(F)(F)F)n1. The van der Waals surface area contributed by atoms with E-state index in [1.807, 2.05) is 5.32 Å². The highest BCUT2D eigenvalue weighted by Crippen LogP contribution is 2.39. The van der Waals surface area contributed by atoms with Crippen LogP contribution in [0.15, 0.2) is 0 Å². The van der Waals surface area contributed by atoms with E-state index in [0.29, 0.717) is 0 Å². The van der Waals surface area contributed by atoms with Crippen molar-refractivity contribution in [1.29, 1.82) is 0 Å². The molecule has 0 aliphatic carbocycles. The number of hydrogen-bond acceptors (Lipinski definition) is 7. The molecule has 0 unspecified atom stereocenters. The first-order chi connectivity index (χ1) is 17.4. The maximum atomic E-state index is 13.8. The van der Waals surface area contributed by atoms with Crippen LogP contribution in [0.4, 0.5) is 74.7 Å². The molecule has 0 radical (unpaired) electrons. The summed E-state index contributed by atoms with van der Waals surface area (Å²) in [5.41, 5.74) is -4.22. The normalized spacial score (nSPS) is 12.6. The zero-order chi connectivity index (χ0) is 29.1. The number of halogens is 13. The third kappa shape index (κ3) is 7.53. The number of nitrogens with zero attached hydrogens (tertiary/aromatic N) is 3. The number of aromatic nitrogens is 3. The van der Waals surface area contributed by atoms with Crippen LogP contribution in [0.5, 0.6) is 6.01 Å². The molecule has 0 aliphatic heterocycles. The van der Waals surface area contributed by atoms with E-state index in [4.69, 9.17) is 0 Å². The fraction of sp³-hybridized carbons (Fsp3) is 0.500. The second kappa shape index (κ2) is 11.5. The lowest BCUT2D eigenvalue weighted by Gasteiger charge is -2.22. The molecule has 0 saturated heterocycles. The highest BCUT2D eigenvalue weighted by molar-refractivity contribution is 5.50. The van der Waals surface area contributed by atoms with E-state index in [0.717, 1.165) is 0 Å². The molecule has 38 heavy (non-hydrogen) atoms. The smallest absolute Gasteiger partial charge is 0.434 e. The van der Waals surface area contributed by atoms with Gasteiger partial charge in [0.25, 0.3) is 6.10 Å². The molecule has 0 atom stereocenters. The molecule has 214 valence electrons. The highest BCUT2D eigenvalue weighted by Gasteiger charge is 2.59. The molecule has 2 rings (SSSR count). The summed E-state index contributed by atoms with van der Waals surface area (Å²) in [6.07, 6.45) is -21.7. The van der Waals surface area contributed by atoms with Gasteiger partial charge in [-0.25, -0.2) is 17.6 Å². The van der Waals surface area contributed by atoms with Crippen molar-refractivity contribution >= 4 is 17.6 Å². The number of nitrogens with one attached hydrogen (secondary N) is 3. The van der Waals surface area contributed by atoms with Crippen LogP contribution in [0.1, 0.15) is 18.4 Å². The maximum Gasteiger partial charge on any atom is 0.434 e. The fourth-order valence-electron chi connectivity index (χ4n) is 2.72. The molecule has 0 saturated carbocycles. The van der Waals surface area contributed by atoms with Crippen molar-refractivity contribution in [2.24, 2.45) is 0 Å². The molecule has 3 N–H and O–H groups in total. The first kappa shape index (κ1) is 30.7. The number of anilines is 3. The van der Waals surface area contributed by atoms with Crippen LogP contribution < -0.4 is 20.7 Å². The Labute approximate surface area is 203 Å². The third-order valence-corrected chi connectivity index (χ3v) is 4.39. The molecule has 0 spiro atoms. The number of hydrogen-bond donors (Lipinski definition) is 3. The number of unbranched alkanes of at least 4 members (excludes halogenated alkanes) is 1. The summed E-state index contributed by atoms with van der Waals surface area (Å²) in [7, 11) is 1.19. The van der Waals surface area contributed by atoms with Crippen molar-refractivity contribution in [3.05, 3.63) is 28.8 Å². The van der Waals surface area contributed by atoms with Gasteiger partial charge >= 0.3 is 24.5 Å². The summed E-state index contributed by atoms with van der Waals surface area (Å²) in [5.74, 6) is -10.9. The lowest BCUT2D eigenvalue weighted by Crippen LogP contribution is -2.47. The van der Waals surface area contributed by atoms with E-state index >= 15 is 0 Å². The van der Waals surface area contributed by atoms with E-state index in [-0.39, 0.29) is 19.4 Å². The maximum absolute atomic E-state index is 13.8. The third-order valence-electron chi connectivity index (χ3n) is 4.39. The second-order valence-corrected chi connectivity index (χ2v) is 7.16. The standard InChI is InChI=1S/C18H15F13N6O/c1-32-13-35-14(37-15(36-13)38-12(17(26,27)28)18(29,30)31)34-5-3-2-4-33-11-9(21)7(19)6(16(23,24)25)8(20)10(11)22/h12,33H,2-5H2,1H3,(H2,32,34,35,36,37). The van der Waals surface area contributed by atoms with Gasteiger partial charge in [0.1, 0.15) is 11.3 Å². The first-order valence-electron chi connectivity index (χ1n) is 10.0.